The predicted molar refractivity (Wildman–Crippen MR) is 115 cm³/mol. The van der Waals surface area contributed by atoms with Gasteiger partial charge in [0.05, 0.1) is 18.1 Å². The molecule has 0 radical (unpaired) electrons. The average Bonchev–Trinajstić information content (AvgIpc) is 2.66. The lowest BCUT2D eigenvalue weighted by molar-refractivity contribution is -0.135. The smallest absolute Gasteiger partial charge is 0.230 e. The number of hydrogen-bond acceptors (Lipinski definition) is 2. The fraction of sp³-hybridized carbons (Fsp3) is 0.435. The van der Waals surface area contributed by atoms with Crippen molar-refractivity contribution in [3.8, 4) is 0 Å². The summed E-state index contributed by atoms with van der Waals surface area (Å²) >= 11 is 0. The summed E-state index contributed by atoms with van der Waals surface area (Å²) in [6.07, 6.45) is 0.658. The summed E-state index contributed by atoms with van der Waals surface area (Å²) in [6, 6.07) is 20.3. The van der Waals surface area contributed by atoms with Gasteiger partial charge in [-0.25, -0.2) is 0 Å². The Morgan fingerprint density at radius 3 is 1.89 bits per heavy atom. The van der Waals surface area contributed by atoms with Gasteiger partial charge < -0.3 is 9.33 Å². The van der Waals surface area contributed by atoms with Gasteiger partial charge in [0, 0.05) is 7.05 Å². The van der Waals surface area contributed by atoms with Crippen LogP contribution in [0.1, 0.15) is 43.4 Å². The first kappa shape index (κ1) is 21.4. The van der Waals surface area contributed by atoms with Crippen molar-refractivity contribution in [3.63, 3.8) is 0 Å². The lowest BCUT2D eigenvalue weighted by atomic mass is 9.93. The first-order valence-electron chi connectivity index (χ1n) is 9.79. The van der Waals surface area contributed by atoms with Crippen molar-refractivity contribution >= 4 is 14.2 Å². The van der Waals surface area contributed by atoms with Crippen LogP contribution in [0.5, 0.6) is 0 Å². The molecule has 3 nitrogen and oxygen atoms in total. The molecule has 3 atom stereocenters. The summed E-state index contributed by atoms with van der Waals surface area (Å²) in [5, 5.41) is 0. The lowest BCUT2D eigenvalue weighted by Crippen LogP contribution is -2.44. The van der Waals surface area contributed by atoms with Crippen molar-refractivity contribution in [1.82, 2.24) is 4.90 Å². The standard InChI is InChI=1S/C23H33NO2Si/c1-7-21(19-14-10-8-11-15-19)23(25)24(3)18(2)22(26-27(4,5)6)20-16-12-9-13-17-20/h8-18,21-22H,7H2,1-6H3. The fourth-order valence-corrected chi connectivity index (χ4v) is 4.45. The number of amides is 1. The Bertz CT molecular complexity index is 712. The zero-order valence-corrected chi connectivity index (χ0v) is 18.5. The molecule has 0 aliphatic carbocycles. The van der Waals surface area contributed by atoms with Crippen LogP contribution in [-0.4, -0.2) is 32.2 Å². The van der Waals surface area contributed by atoms with Gasteiger partial charge in [-0.3, -0.25) is 4.79 Å². The summed E-state index contributed by atoms with van der Waals surface area (Å²) in [5.41, 5.74) is 2.20. The van der Waals surface area contributed by atoms with Gasteiger partial charge in [0.25, 0.3) is 0 Å². The van der Waals surface area contributed by atoms with E-state index in [9.17, 15) is 4.79 Å². The van der Waals surface area contributed by atoms with E-state index < -0.39 is 8.32 Å². The van der Waals surface area contributed by atoms with E-state index in [2.05, 4.69) is 45.6 Å². The first-order valence-corrected chi connectivity index (χ1v) is 13.2. The van der Waals surface area contributed by atoms with Crippen molar-refractivity contribution in [1.29, 1.82) is 0 Å². The van der Waals surface area contributed by atoms with Gasteiger partial charge in [-0.15, -0.1) is 0 Å². The van der Waals surface area contributed by atoms with Crippen molar-refractivity contribution in [2.24, 2.45) is 0 Å². The molecule has 0 saturated carbocycles. The van der Waals surface area contributed by atoms with Crippen molar-refractivity contribution < 1.29 is 9.22 Å². The summed E-state index contributed by atoms with van der Waals surface area (Å²) in [4.78, 5) is 15.2. The zero-order valence-electron chi connectivity index (χ0n) is 17.5. The molecular formula is C23H33NO2Si. The molecule has 2 aromatic carbocycles. The molecule has 146 valence electrons. The van der Waals surface area contributed by atoms with Crippen LogP contribution in [0.2, 0.25) is 19.6 Å². The van der Waals surface area contributed by atoms with Crippen LogP contribution in [0.4, 0.5) is 0 Å². The highest BCUT2D eigenvalue weighted by Crippen LogP contribution is 2.30. The average molecular weight is 384 g/mol. The van der Waals surface area contributed by atoms with Crippen LogP contribution in [-0.2, 0) is 9.22 Å². The Morgan fingerprint density at radius 1 is 0.963 bits per heavy atom. The van der Waals surface area contributed by atoms with Gasteiger partial charge in [0.2, 0.25) is 5.91 Å². The maximum atomic E-state index is 13.3. The lowest BCUT2D eigenvalue weighted by Gasteiger charge is -2.37. The fourth-order valence-electron chi connectivity index (χ4n) is 3.36. The van der Waals surface area contributed by atoms with Crippen LogP contribution < -0.4 is 0 Å². The highest BCUT2D eigenvalue weighted by atomic mass is 28.4. The predicted octanol–water partition coefficient (Wildman–Crippen LogP) is 5.62. The van der Waals surface area contributed by atoms with Crippen LogP contribution in [0.3, 0.4) is 0 Å². The topological polar surface area (TPSA) is 29.5 Å². The summed E-state index contributed by atoms with van der Waals surface area (Å²) < 4.78 is 6.52. The van der Waals surface area contributed by atoms with Crippen LogP contribution in [0.15, 0.2) is 60.7 Å². The number of carbonyl (C=O) groups is 1. The van der Waals surface area contributed by atoms with Gasteiger partial charge in [-0.05, 0) is 44.1 Å². The van der Waals surface area contributed by atoms with Crippen molar-refractivity contribution in [2.75, 3.05) is 7.05 Å². The molecule has 2 rings (SSSR count). The van der Waals surface area contributed by atoms with E-state index in [1.807, 2.05) is 60.5 Å². The molecule has 0 bridgehead atoms. The SMILES string of the molecule is CCC(C(=O)N(C)C(C)C(O[Si](C)(C)C)c1ccccc1)c1ccccc1. The van der Waals surface area contributed by atoms with Gasteiger partial charge in [-0.1, -0.05) is 67.6 Å². The minimum absolute atomic E-state index is 0.0515. The minimum atomic E-state index is -1.78. The zero-order chi connectivity index (χ0) is 20.0. The van der Waals surface area contributed by atoms with Crippen molar-refractivity contribution in [2.45, 2.75) is 58.0 Å². The molecule has 0 heterocycles. The Labute approximate surface area is 165 Å². The Hall–Kier alpha value is -1.91. The maximum Gasteiger partial charge on any atom is 0.230 e. The molecule has 2 aromatic rings. The normalized spacial score (nSPS) is 15.0. The van der Waals surface area contributed by atoms with Gasteiger partial charge >= 0.3 is 0 Å². The second-order valence-corrected chi connectivity index (χ2v) is 12.6. The second kappa shape index (κ2) is 9.33. The highest BCUT2D eigenvalue weighted by Gasteiger charge is 2.33. The third-order valence-corrected chi connectivity index (χ3v) is 5.87. The molecular weight excluding hydrogens is 350 g/mol. The first-order chi connectivity index (χ1) is 12.7. The van der Waals surface area contributed by atoms with Crippen molar-refractivity contribution in [3.05, 3.63) is 71.8 Å². The summed E-state index contributed by atoms with van der Waals surface area (Å²) in [5.74, 6) is 0.0262. The van der Waals surface area contributed by atoms with Gasteiger partial charge in [0.1, 0.15) is 0 Å². The second-order valence-electron chi connectivity index (χ2n) is 8.12. The minimum Gasteiger partial charge on any atom is -0.409 e. The van der Waals surface area contributed by atoms with Gasteiger partial charge in [0.15, 0.2) is 8.32 Å². The highest BCUT2D eigenvalue weighted by molar-refractivity contribution is 6.69. The maximum absolute atomic E-state index is 13.3. The quantitative estimate of drug-likeness (QED) is 0.554. The molecule has 0 spiro atoms. The summed E-state index contributed by atoms with van der Waals surface area (Å²) in [7, 11) is 0.121. The molecule has 1 amide bonds. The van der Waals surface area contributed by atoms with E-state index in [0.29, 0.717) is 0 Å². The monoisotopic (exact) mass is 383 g/mol. The number of rotatable bonds is 8. The molecule has 27 heavy (non-hydrogen) atoms. The Morgan fingerprint density at radius 2 is 1.44 bits per heavy atom. The van der Waals surface area contributed by atoms with E-state index in [-0.39, 0.29) is 24.0 Å². The number of likely N-dealkylation sites (N-methyl/N-ethyl adjacent to an activating group) is 1. The number of benzene rings is 2. The van der Waals surface area contributed by atoms with Gasteiger partial charge in [-0.2, -0.15) is 0 Å². The third kappa shape index (κ3) is 5.78. The van der Waals surface area contributed by atoms with Crippen LogP contribution in [0, 0.1) is 0 Å². The Kier molecular flexibility index (Phi) is 7.39. The van der Waals surface area contributed by atoms with Crippen LogP contribution >= 0.6 is 0 Å². The molecule has 0 N–H and O–H groups in total. The number of carbonyl (C=O) groups excluding carboxylic acids is 1. The van der Waals surface area contributed by atoms with E-state index in [1.54, 1.807) is 0 Å². The number of nitrogens with zero attached hydrogens (tertiary/aromatic N) is 1. The molecule has 3 unspecified atom stereocenters. The van der Waals surface area contributed by atoms with E-state index in [0.717, 1.165) is 17.5 Å². The molecule has 0 fully saturated rings. The van der Waals surface area contributed by atoms with Crippen LogP contribution in [0.25, 0.3) is 0 Å². The third-order valence-electron chi connectivity index (χ3n) is 4.91. The van der Waals surface area contributed by atoms with E-state index in [4.69, 9.17) is 4.43 Å². The van der Waals surface area contributed by atoms with E-state index >= 15 is 0 Å². The molecule has 4 heteroatoms. The number of hydrogen-bond donors (Lipinski definition) is 0. The summed E-state index contributed by atoms with van der Waals surface area (Å²) in [6.45, 7) is 10.7. The molecule has 0 aromatic heterocycles. The molecule has 0 aliphatic heterocycles. The molecule has 0 aliphatic rings. The largest absolute Gasteiger partial charge is 0.409 e. The van der Waals surface area contributed by atoms with E-state index in [1.165, 1.54) is 0 Å². The molecule has 0 saturated heterocycles. The Balaban J connectivity index is 2.27.